The minimum atomic E-state index is -0.689. The summed E-state index contributed by atoms with van der Waals surface area (Å²) in [5.41, 5.74) is 1.05. The number of hydrogen-bond acceptors (Lipinski definition) is 5. The summed E-state index contributed by atoms with van der Waals surface area (Å²) in [4.78, 5) is 44.6. The number of urea groups is 1. The quantitative estimate of drug-likeness (QED) is 0.618. The highest BCUT2D eigenvalue weighted by atomic mass is 32.1. The summed E-state index contributed by atoms with van der Waals surface area (Å²) in [7, 11) is 0. The summed E-state index contributed by atoms with van der Waals surface area (Å²) in [6, 6.07) is 7.71. The van der Waals surface area contributed by atoms with Gasteiger partial charge in [-0.15, -0.1) is 11.3 Å². The molecule has 0 saturated carbocycles. The SMILES string of the molecule is CCCN1C(=O)C(=O)N(C[NH+]2CCC(c3nc4ccccc4s3)CC2)C1=O. The van der Waals surface area contributed by atoms with E-state index in [1.165, 1.54) is 14.6 Å². The Kier molecular flexibility index (Phi) is 4.92. The number of likely N-dealkylation sites (tertiary alicyclic amines) is 1. The van der Waals surface area contributed by atoms with Crippen LogP contribution in [0.25, 0.3) is 10.2 Å². The average molecular weight is 387 g/mol. The first kappa shape index (κ1) is 18.1. The number of hydrogen-bond donors (Lipinski definition) is 1. The number of carbonyl (C=O) groups is 3. The molecule has 2 aliphatic rings. The van der Waals surface area contributed by atoms with Crippen LogP contribution in [0.5, 0.6) is 0 Å². The molecule has 8 heteroatoms. The second-order valence-electron chi connectivity index (χ2n) is 7.17. The molecule has 0 radical (unpaired) electrons. The molecule has 1 N–H and O–H groups in total. The standard InChI is InChI=1S/C19H22N4O3S/c1-2-9-22-17(24)18(25)23(19(22)26)12-21-10-7-13(8-11-21)16-20-14-5-3-4-6-15(14)27-16/h3-6,13H,2,7-12H2,1H3/p+1. The topological polar surface area (TPSA) is 75.0 Å². The van der Waals surface area contributed by atoms with Crippen molar-refractivity contribution in [3.8, 4) is 0 Å². The second-order valence-corrected chi connectivity index (χ2v) is 8.24. The highest BCUT2D eigenvalue weighted by Crippen LogP contribution is 2.31. The third-order valence-electron chi connectivity index (χ3n) is 5.32. The largest absolute Gasteiger partial charge is 0.338 e. The van der Waals surface area contributed by atoms with Gasteiger partial charge in [-0.3, -0.25) is 14.5 Å². The number of nitrogens with one attached hydrogen (secondary N) is 1. The Morgan fingerprint density at radius 3 is 2.52 bits per heavy atom. The van der Waals surface area contributed by atoms with Gasteiger partial charge < -0.3 is 4.90 Å². The lowest BCUT2D eigenvalue weighted by Gasteiger charge is -2.30. The Hall–Kier alpha value is -2.32. The molecule has 3 heterocycles. The molecule has 0 aliphatic carbocycles. The maximum Gasteiger partial charge on any atom is 0.338 e. The van der Waals surface area contributed by atoms with Crippen LogP contribution in [0, 0.1) is 0 Å². The monoisotopic (exact) mass is 387 g/mol. The summed E-state index contributed by atoms with van der Waals surface area (Å²) in [5.74, 6) is -0.950. The zero-order valence-corrected chi connectivity index (χ0v) is 16.1. The van der Waals surface area contributed by atoms with Gasteiger partial charge in [-0.05, 0) is 18.6 Å². The van der Waals surface area contributed by atoms with Crippen molar-refractivity contribution >= 4 is 39.4 Å². The number of carbonyl (C=O) groups excluding carboxylic acids is 3. The van der Waals surface area contributed by atoms with Crippen LogP contribution in [-0.2, 0) is 9.59 Å². The highest BCUT2D eigenvalue weighted by Gasteiger charge is 2.45. The Bertz CT molecular complexity index is 855. The molecule has 27 heavy (non-hydrogen) atoms. The van der Waals surface area contributed by atoms with E-state index in [9.17, 15) is 14.4 Å². The number of quaternary nitrogens is 1. The van der Waals surface area contributed by atoms with E-state index in [0.29, 0.717) is 18.9 Å². The van der Waals surface area contributed by atoms with E-state index in [-0.39, 0.29) is 6.67 Å². The molecule has 0 bridgehead atoms. The maximum absolute atomic E-state index is 12.4. The molecule has 7 nitrogen and oxygen atoms in total. The molecule has 142 valence electrons. The first-order valence-electron chi connectivity index (χ1n) is 9.45. The Labute approximate surface area is 161 Å². The van der Waals surface area contributed by atoms with Gasteiger partial charge in [0.25, 0.3) is 0 Å². The van der Waals surface area contributed by atoms with Gasteiger partial charge in [0, 0.05) is 25.3 Å². The summed E-state index contributed by atoms with van der Waals surface area (Å²) in [6.07, 6.45) is 2.59. The lowest BCUT2D eigenvalue weighted by atomic mass is 9.98. The summed E-state index contributed by atoms with van der Waals surface area (Å²) >= 11 is 1.75. The van der Waals surface area contributed by atoms with E-state index in [1.807, 2.05) is 25.1 Å². The average Bonchev–Trinajstić information content (AvgIpc) is 3.20. The van der Waals surface area contributed by atoms with Crippen molar-refractivity contribution in [2.45, 2.75) is 32.1 Å². The number of rotatable bonds is 5. The van der Waals surface area contributed by atoms with Gasteiger partial charge in [0.15, 0.2) is 6.67 Å². The van der Waals surface area contributed by atoms with Gasteiger partial charge in [-0.1, -0.05) is 19.1 Å². The van der Waals surface area contributed by atoms with Crippen molar-refractivity contribution in [3.63, 3.8) is 0 Å². The van der Waals surface area contributed by atoms with Crippen LogP contribution in [0.1, 0.15) is 37.1 Å². The molecule has 1 aromatic carbocycles. The number of imide groups is 2. The van der Waals surface area contributed by atoms with Crippen LogP contribution in [0.3, 0.4) is 0 Å². The Balaban J connectivity index is 1.37. The Morgan fingerprint density at radius 1 is 1.11 bits per heavy atom. The van der Waals surface area contributed by atoms with Crippen LogP contribution in [0.15, 0.2) is 24.3 Å². The third-order valence-corrected chi connectivity index (χ3v) is 6.52. The van der Waals surface area contributed by atoms with Crippen molar-refractivity contribution in [2.24, 2.45) is 0 Å². The van der Waals surface area contributed by atoms with Gasteiger partial charge >= 0.3 is 17.8 Å². The van der Waals surface area contributed by atoms with E-state index in [1.54, 1.807) is 11.3 Å². The summed E-state index contributed by atoms with van der Waals surface area (Å²) in [6.45, 7) is 4.18. The molecule has 4 amide bonds. The molecule has 0 unspecified atom stereocenters. The van der Waals surface area contributed by atoms with Gasteiger partial charge in [0.1, 0.15) is 0 Å². The van der Waals surface area contributed by atoms with Crippen molar-refractivity contribution in [2.75, 3.05) is 26.3 Å². The molecule has 0 spiro atoms. The van der Waals surface area contributed by atoms with Gasteiger partial charge in [0.2, 0.25) is 0 Å². The number of benzene rings is 1. The number of amides is 4. The van der Waals surface area contributed by atoms with Crippen LogP contribution >= 0.6 is 11.3 Å². The molecule has 1 aromatic heterocycles. The number of piperidine rings is 1. The molecule has 2 aliphatic heterocycles. The lowest BCUT2D eigenvalue weighted by molar-refractivity contribution is -0.912. The van der Waals surface area contributed by atoms with E-state index < -0.39 is 17.8 Å². The minimum absolute atomic E-state index is 0.274. The number of aromatic nitrogens is 1. The molecule has 0 atom stereocenters. The molecule has 4 rings (SSSR count). The first-order chi connectivity index (χ1) is 13.1. The van der Waals surface area contributed by atoms with Crippen LogP contribution < -0.4 is 4.90 Å². The van der Waals surface area contributed by atoms with Crippen LogP contribution in [0.2, 0.25) is 0 Å². The molecule has 2 fully saturated rings. The predicted molar refractivity (Wildman–Crippen MR) is 101 cm³/mol. The fraction of sp³-hybridized carbons (Fsp3) is 0.474. The fourth-order valence-corrected chi connectivity index (χ4v) is 4.97. The van der Waals surface area contributed by atoms with Crippen molar-refractivity contribution in [1.29, 1.82) is 0 Å². The highest BCUT2D eigenvalue weighted by molar-refractivity contribution is 7.18. The second kappa shape index (κ2) is 7.36. The van der Waals surface area contributed by atoms with E-state index in [0.717, 1.165) is 41.2 Å². The van der Waals surface area contributed by atoms with Gasteiger partial charge in [0.05, 0.1) is 28.3 Å². The van der Waals surface area contributed by atoms with Crippen molar-refractivity contribution in [1.82, 2.24) is 14.8 Å². The first-order valence-corrected chi connectivity index (χ1v) is 10.3. The van der Waals surface area contributed by atoms with E-state index in [4.69, 9.17) is 4.98 Å². The minimum Gasteiger partial charge on any atom is -0.317 e. The van der Waals surface area contributed by atoms with Gasteiger partial charge in [-0.25, -0.2) is 14.7 Å². The number of fused-ring (bicyclic) bond motifs is 1. The Morgan fingerprint density at radius 2 is 1.81 bits per heavy atom. The molecule has 2 aromatic rings. The molecular weight excluding hydrogens is 364 g/mol. The third kappa shape index (κ3) is 3.35. The normalized spacial score (nSPS) is 23.7. The lowest BCUT2D eigenvalue weighted by Crippen LogP contribution is -3.14. The maximum atomic E-state index is 12.4. The van der Waals surface area contributed by atoms with Crippen molar-refractivity contribution < 1.29 is 19.3 Å². The van der Waals surface area contributed by atoms with E-state index in [2.05, 4.69) is 6.07 Å². The van der Waals surface area contributed by atoms with Crippen LogP contribution in [0.4, 0.5) is 4.79 Å². The number of nitrogens with zero attached hydrogens (tertiary/aromatic N) is 3. The predicted octanol–water partition coefficient (Wildman–Crippen LogP) is 1.22. The summed E-state index contributed by atoms with van der Waals surface area (Å²) in [5, 5.41) is 1.17. The zero-order valence-electron chi connectivity index (χ0n) is 15.3. The molecular formula is C19H23N4O3S+. The number of thiazole rings is 1. The number of para-hydroxylation sites is 1. The van der Waals surface area contributed by atoms with Gasteiger partial charge in [-0.2, -0.15) is 0 Å². The van der Waals surface area contributed by atoms with Crippen molar-refractivity contribution in [3.05, 3.63) is 29.3 Å². The molecule has 2 saturated heterocycles. The smallest absolute Gasteiger partial charge is 0.317 e. The van der Waals surface area contributed by atoms with E-state index >= 15 is 0 Å². The zero-order chi connectivity index (χ0) is 19.0. The summed E-state index contributed by atoms with van der Waals surface area (Å²) < 4.78 is 1.21. The van der Waals surface area contributed by atoms with Crippen LogP contribution in [-0.4, -0.2) is 58.9 Å². The fourth-order valence-electron chi connectivity index (χ4n) is 3.83.